The van der Waals surface area contributed by atoms with Crippen LogP contribution < -0.4 is 4.74 Å². The first-order valence-corrected chi connectivity index (χ1v) is 7.62. The SMILES string of the molecule is CCCOc1cncc(-c2[nH]c(C(C)C)nc(=S)c2C)c1. The Labute approximate surface area is 130 Å². The number of ether oxygens (including phenoxy) is 1. The zero-order valence-electron chi connectivity index (χ0n) is 12.9. The van der Waals surface area contributed by atoms with Crippen LogP contribution in [-0.4, -0.2) is 21.6 Å². The van der Waals surface area contributed by atoms with Gasteiger partial charge in [-0.2, -0.15) is 0 Å². The fraction of sp³-hybridized carbons (Fsp3) is 0.438. The number of hydrogen-bond acceptors (Lipinski definition) is 4. The van der Waals surface area contributed by atoms with E-state index < -0.39 is 0 Å². The topological polar surface area (TPSA) is 50.8 Å². The number of rotatable bonds is 5. The highest BCUT2D eigenvalue weighted by atomic mass is 32.1. The summed E-state index contributed by atoms with van der Waals surface area (Å²) in [5.41, 5.74) is 2.90. The second-order valence-electron chi connectivity index (χ2n) is 5.34. The lowest BCUT2D eigenvalue weighted by molar-refractivity contribution is 0.316. The van der Waals surface area contributed by atoms with Gasteiger partial charge in [0.1, 0.15) is 16.2 Å². The molecule has 1 N–H and O–H groups in total. The third-order valence-corrected chi connectivity index (χ3v) is 3.59. The Balaban J connectivity index is 2.48. The van der Waals surface area contributed by atoms with E-state index in [-0.39, 0.29) is 0 Å². The van der Waals surface area contributed by atoms with Crippen molar-refractivity contribution in [3.63, 3.8) is 0 Å². The van der Waals surface area contributed by atoms with Crippen molar-refractivity contribution in [2.45, 2.75) is 40.0 Å². The van der Waals surface area contributed by atoms with Gasteiger partial charge in [-0.25, -0.2) is 4.98 Å². The third kappa shape index (κ3) is 3.67. The van der Waals surface area contributed by atoms with Crippen molar-refractivity contribution in [1.82, 2.24) is 15.0 Å². The molecule has 0 bridgehead atoms. The van der Waals surface area contributed by atoms with Gasteiger partial charge >= 0.3 is 0 Å². The van der Waals surface area contributed by atoms with Gasteiger partial charge in [0.25, 0.3) is 0 Å². The summed E-state index contributed by atoms with van der Waals surface area (Å²) in [6.45, 7) is 8.92. The number of pyridine rings is 1. The molecular weight excluding hydrogens is 282 g/mol. The Kier molecular flexibility index (Phi) is 5.07. The number of H-pyrrole nitrogens is 1. The van der Waals surface area contributed by atoms with Crippen LogP contribution in [0.3, 0.4) is 0 Å². The maximum absolute atomic E-state index is 5.65. The number of hydrogen-bond donors (Lipinski definition) is 1. The molecule has 0 aliphatic carbocycles. The van der Waals surface area contributed by atoms with Crippen LogP contribution >= 0.6 is 12.2 Å². The minimum Gasteiger partial charge on any atom is -0.492 e. The van der Waals surface area contributed by atoms with Crippen LogP contribution in [0, 0.1) is 11.6 Å². The van der Waals surface area contributed by atoms with Crippen molar-refractivity contribution in [3.05, 3.63) is 34.5 Å². The Morgan fingerprint density at radius 2 is 2.10 bits per heavy atom. The molecule has 5 heteroatoms. The van der Waals surface area contributed by atoms with Crippen molar-refractivity contribution >= 4 is 12.2 Å². The van der Waals surface area contributed by atoms with Crippen LogP contribution in [0.15, 0.2) is 18.5 Å². The summed E-state index contributed by atoms with van der Waals surface area (Å²) in [5, 5.41) is 0. The molecule has 0 fully saturated rings. The molecule has 0 aliphatic heterocycles. The molecule has 0 amide bonds. The Hall–Kier alpha value is -1.75. The van der Waals surface area contributed by atoms with Crippen molar-refractivity contribution in [1.29, 1.82) is 0 Å². The smallest absolute Gasteiger partial charge is 0.138 e. The van der Waals surface area contributed by atoms with Crippen LogP contribution in [0.5, 0.6) is 5.75 Å². The van der Waals surface area contributed by atoms with E-state index in [0.29, 0.717) is 17.2 Å². The fourth-order valence-electron chi connectivity index (χ4n) is 1.97. The summed E-state index contributed by atoms with van der Waals surface area (Å²) in [7, 11) is 0. The van der Waals surface area contributed by atoms with Crippen LogP contribution in [-0.2, 0) is 0 Å². The van der Waals surface area contributed by atoms with Gasteiger partial charge in [0.15, 0.2) is 0 Å². The molecule has 0 unspecified atom stereocenters. The molecule has 4 nitrogen and oxygen atoms in total. The molecule has 0 saturated carbocycles. The number of aromatic amines is 1. The van der Waals surface area contributed by atoms with E-state index in [9.17, 15) is 0 Å². The standard InChI is InChI=1S/C16H21N3OS/c1-5-6-20-13-7-12(8-17-9-13)14-11(4)16(21)19-15(18-14)10(2)3/h7-10H,5-6H2,1-4H3,(H,18,19,21). The molecule has 0 atom stereocenters. The Morgan fingerprint density at radius 3 is 2.76 bits per heavy atom. The lowest BCUT2D eigenvalue weighted by Crippen LogP contribution is -2.03. The van der Waals surface area contributed by atoms with E-state index in [0.717, 1.165) is 34.8 Å². The van der Waals surface area contributed by atoms with Crippen LogP contribution in [0.25, 0.3) is 11.3 Å². The van der Waals surface area contributed by atoms with Gasteiger partial charge in [-0.1, -0.05) is 33.0 Å². The zero-order chi connectivity index (χ0) is 15.4. The first-order chi connectivity index (χ1) is 10.0. The highest BCUT2D eigenvalue weighted by Gasteiger charge is 2.10. The van der Waals surface area contributed by atoms with Gasteiger partial charge in [0, 0.05) is 23.2 Å². The largest absolute Gasteiger partial charge is 0.492 e. The molecule has 2 aromatic rings. The minimum atomic E-state index is 0.290. The minimum absolute atomic E-state index is 0.290. The predicted octanol–water partition coefficient (Wildman–Crippen LogP) is 4.42. The van der Waals surface area contributed by atoms with E-state index in [1.54, 1.807) is 6.20 Å². The number of nitrogens with zero attached hydrogens (tertiary/aromatic N) is 2. The van der Waals surface area contributed by atoms with Gasteiger partial charge in [-0.05, 0) is 19.4 Å². The van der Waals surface area contributed by atoms with Crippen molar-refractivity contribution in [3.8, 4) is 17.0 Å². The normalized spacial score (nSPS) is 10.9. The summed E-state index contributed by atoms with van der Waals surface area (Å²) < 4.78 is 6.28. The first kappa shape index (κ1) is 15.6. The third-order valence-electron chi connectivity index (χ3n) is 3.19. The van der Waals surface area contributed by atoms with Gasteiger partial charge in [-0.15, -0.1) is 0 Å². The lowest BCUT2D eigenvalue weighted by Gasteiger charge is -2.12. The summed E-state index contributed by atoms with van der Waals surface area (Å²) in [4.78, 5) is 12.1. The van der Waals surface area contributed by atoms with E-state index in [1.807, 2.05) is 19.2 Å². The second-order valence-corrected chi connectivity index (χ2v) is 5.73. The highest BCUT2D eigenvalue weighted by Crippen LogP contribution is 2.25. The van der Waals surface area contributed by atoms with Gasteiger partial charge in [0.05, 0.1) is 18.5 Å². The maximum atomic E-state index is 5.65. The Bertz CT molecular complexity index is 679. The maximum Gasteiger partial charge on any atom is 0.138 e. The lowest BCUT2D eigenvalue weighted by atomic mass is 10.1. The van der Waals surface area contributed by atoms with Crippen molar-refractivity contribution in [2.75, 3.05) is 6.61 Å². The average molecular weight is 303 g/mol. The molecule has 2 aromatic heterocycles. The fourth-order valence-corrected chi connectivity index (χ4v) is 2.17. The first-order valence-electron chi connectivity index (χ1n) is 7.22. The van der Waals surface area contributed by atoms with E-state index in [1.165, 1.54) is 0 Å². The number of nitrogens with one attached hydrogen (secondary N) is 1. The van der Waals surface area contributed by atoms with Crippen molar-refractivity contribution < 1.29 is 4.74 Å². The van der Waals surface area contributed by atoms with E-state index in [2.05, 4.69) is 35.7 Å². The predicted molar refractivity (Wildman–Crippen MR) is 87.3 cm³/mol. The molecule has 112 valence electrons. The summed E-state index contributed by atoms with van der Waals surface area (Å²) in [5.74, 6) is 1.95. The molecule has 0 saturated heterocycles. The average Bonchev–Trinajstić information content (AvgIpc) is 2.47. The highest BCUT2D eigenvalue weighted by molar-refractivity contribution is 7.71. The molecule has 2 heterocycles. The van der Waals surface area contributed by atoms with Crippen LogP contribution in [0.2, 0.25) is 0 Å². The quantitative estimate of drug-likeness (QED) is 0.831. The van der Waals surface area contributed by atoms with E-state index >= 15 is 0 Å². The van der Waals surface area contributed by atoms with Crippen molar-refractivity contribution in [2.24, 2.45) is 0 Å². The van der Waals surface area contributed by atoms with Gasteiger partial charge < -0.3 is 9.72 Å². The molecule has 21 heavy (non-hydrogen) atoms. The van der Waals surface area contributed by atoms with Gasteiger partial charge in [0.2, 0.25) is 0 Å². The Morgan fingerprint density at radius 1 is 1.33 bits per heavy atom. The molecule has 0 aliphatic rings. The van der Waals surface area contributed by atoms with Crippen LogP contribution in [0.4, 0.5) is 0 Å². The summed E-state index contributed by atoms with van der Waals surface area (Å²) in [6, 6.07) is 1.99. The van der Waals surface area contributed by atoms with E-state index in [4.69, 9.17) is 17.0 Å². The molecule has 0 radical (unpaired) electrons. The summed E-state index contributed by atoms with van der Waals surface area (Å²) in [6.07, 6.45) is 4.52. The van der Waals surface area contributed by atoms with Crippen LogP contribution in [0.1, 0.15) is 44.5 Å². The zero-order valence-corrected chi connectivity index (χ0v) is 13.8. The number of aromatic nitrogens is 3. The monoisotopic (exact) mass is 303 g/mol. The molecule has 0 aromatic carbocycles. The molecular formula is C16H21N3OS. The second kappa shape index (κ2) is 6.80. The molecule has 0 spiro atoms. The molecule has 2 rings (SSSR count). The van der Waals surface area contributed by atoms with Gasteiger partial charge in [-0.3, -0.25) is 4.98 Å². The summed E-state index contributed by atoms with van der Waals surface area (Å²) >= 11 is 5.37.